The molecule has 1 aromatic rings. The Morgan fingerprint density at radius 2 is 1.87 bits per heavy atom. The van der Waals surface area contributed by atoms with Gasteiger partial charge in [0.2, 0.25) is 11.8 Å². The van der Waals surface area contributed by atoms with E-state index in [-0.39, 0.29) is 25.5 Å². The SMILES string of the molecule is CCOC(=O)C(C(=O)c1ccccc1)[C@@H]1CC(=O)N(CC)C1=O. The Bertz CT molecular complexity index is 625. The summed E-state index contributed by atoms with van der Waals surface area (Å²) in [6, 6.07) is 8.25. The summed E-state index contributed by atoms with van der Waals surface area (Å²) in [5, 5.41) is 0. The lowest BCUT2D eigenvalue weighted by Gasteiger charge is -2.19. The summed E-state index contributed by atoms with van der Waals surface area (Å²) in [5.41, 5.74) is 0.320. The number of esters is 1. The Hall–Kier alpha value is -2.50. The monoisotopic (exact) mass is 317 g/mol. The molecule has 122 valence electrons. The number of nitrogens with zero attached hydrogens (tertiary/aromatic N) is 1. The molecule has 6 heteroatoms. The van der Waals surface area contributed by atoms with Gasteiger partial charge in [-0.2, -0.15) is 0 Å². The Balaban J connectivity index is 2.36. The van der Waals surface area contributed by atoms with Crippen molar-refractivity contribution >= 4 is 23.6 Å². The van der Waals surface area contributed by atoms with Crippen LogP contribution in [0.25, 0.3) is 0 Å². The average molecular weight is 317 g/mol. The number of amides is 2. The van der Waals surface area contributed by atoms with Crippen LogP contribution in [0.1, 0.15) is 30.6 Å². The molecule has 0 aliphatic carbocycles. The molecule has 23 heavy (non-hydrogen) atoms. The summed E-state index contributed by atoms with van der Waals surface area (Å²) in [6.07, 6.45) is -0.144. The molecule has 6 nitrogen and oxygen atoms in total. The standard InChI is InChI=1S/C17H19NO5/c1-3-18-13(19)10-12(16(18)21)14(17(22)23-4-2)15(20)11-8-6-5-7-9-11/h5-9,12,14H,3-4,10H2,1-2H3/t12-,14?/m0/s1. The third-order valence-electron chi connectivity index (χ3n) is 3.88. The lowest BCUT2D eigenvalue weighted by atomic mass is 9.84. The molecule has 1 fully saturated rings. The zero-order valence-electron chi connectivity index (χ0n) is 13.2. The molecule has 0 aromatic heterocycles. The fourth-order valence-corrected chi connectivity index (χ4v) is 2.77. The van der Waals surface area contributed by atoms with Gasteiger partial charge in [-0.1, -0.05) is 30.3 Å². The van der Waals surface area contributed by atoms with E-state index >= 15 is 0 Å². The van der Waals surface area contributed by atoms with E-state index in [0.29, 0.717) is 5.56 Å². The minimum atomic E-state index is -1.29. The third kappa shape index (κ3) is 3.31. The third-order valence-corrected chi connectivity index (χ3v) is 3.88. The molecule has 2 rings (SSSR count). The van der Waals surface area contributed by atoms with Crippen LogP contribution in [0.2, 0.25) is 0 Å². The second-order valence-corrected chi connectivity index (χ2v) is 5.25. The molecular weight excluding hydrogens is 298 g/mol. The van der Waals surface area contributed by atoms with Gasteiger partial charge in [-0.25, -0.2) is 0 Å². The molecule has 2 amide bonds. The van der Waals surface area contributed by atoms with Gasteiger partial charge in [-0.3, -0.25) is 24.1 Å². The van der Waals surface area contributed by atoms with Gasteiger partial charge in [0, 0.05) is 18.5 Å². The van der Waals surface area contributed by atoms with Crippen LogP contribution in [0.5, 0.6) is 0 Å². The summed E-state index contributed by atoms with van der Waals surface area (Å²) in [6.45, 7) is 3.63. The van der Waals surface area contributed by atoms with E-state index in [4.69, 9.17) is 4.74 Å². The van der Waals surface area contributed by atoms with E-state index < -0.39 is 29.5 Å². The van der Waals surface area contributed by atoms with Gasteiger partial charge >= 0.3 is 5.97 Å². The van der Waals surface area contributed by atoms with Crippen molar-refractivity contribution in [1.29, 1.82) is 0 Å². The maximum Gasteiger partial charge on any atom is 0.317 e. The molecule has 0 radical (unpaired) electrons. The molecule has 0 N–H and O–H groups in total. The summed E-state index contributed by atoms with van der Waals surface area (Å²) in [7, 11) is 0. The van der Waals surface area contributed by atoms with Gasteiger partial charge in [-0.05, 0) is 13.8 Å². The summed E-state index contributed by atoms with van der Waals surface area (Å²) in [4.78, 5) is 50.3. The number of ether oxygens (including phenoxy) is 1. The lowest BCUT2D eigenvalue weighted by molar-refractivity contribution is -0.151. The Kier molecular flexibility index (Phi) is 5.26. The summed E-state index contributed by atoms with van der Waals surface area (Å²) >= 11 is 0. The van der Waals surface area contributed by atoms with E-state index in [1.165, 1.54) is 0 Å². The van der Waals surface area contributed by atoms with Crippen LogP contribution in [0.3, 0.4) is 0 Å². The first-order valence-electron chi connectivity index (χ1n) is 7.61. The van der Waals surface area contributed by atoms with Crippen molar-refractivity contribution in [1.82, 2.24) is 4.90 Å². The number of likely N-dealkylation sites (tertiary alicyclic amines) is 1. The number of hydrogen-bond acceptors (Lipinski definition) is 5. The van der Waals surface area contributed by atoms with Crippen LogP contribution in [0, 0.1) is 11.8 Å². The molecule has 0 bridgehead atoms. The van der Waals surface area contributed by atoms with E-state index in [9.17, 15) is 19.2 Å². The normalized spacial score (nSPS) is 18.9. The highest BCUT2D eigenvalue weighted by Crippen LogP contribution is 2.30. The molecule has 1 aliphatic heterocycles. The fourth-order valence-electron chi connectivity index (χ4n) is 2.77. The van der Waals surface area contributed by atoms with Gasteiger partial charge in [0.25, 0.3) is 0 Å². The van der Waals surface area contributed by atoms with E-state index in [1.807, 2.05) is 0 Å². The van der Waals surface area contributed by atoms with E-state index in [0.717, 1.165) is 4.90 Å². The van der Waals surface area contributed by atoms with Crippen molar-refractivity contribution in [3.05, 3.63) is 35.9 Å². The Morgan fingerprint density at radius 3 is 2.39 bits per heavy atom. The van der Waals surface area contributed by atoms with Crippen LogP contribution >= 0.6 is 0 Å². The predicted octanol–water partition coefficient (Wildman–Crippen LogP) is 1.44. The van der Waals surface area contributed by atoms with Gasteiger partial charge in [0.1, 0.15) is 5.92 Å². The van der Waals surface area contributed by atoms with Crippen molar-refractivity contribution in [2.75, 3.05) is 13.2 Å². The molecule has 1 heterocycles. The molecular formula is C17H19NO5. The second-order valence-electron chi connectivity index (χ2n) is 5.25. The molecule has 1 aromatic carbocycles. The summed E-state index contributed by atoms with van der Waals surface area (Å²) in [5.74, 6) is -4.38. The van der Waals surface area contributed by atoms with Crippen LogP contribution in [0.15, 0.2) is 30.3 Å². The van der Waals surface area contributed by atoms with Crippen LogP contribution in [0.4, 0.5) is 0 Å². The first-order valence-corrected chi connectivity index (χ1v) is 7.61. The zero-order valence-corrected chi connectivity index (χ0v) is 13.2. The molecule has 1 aliphatic rings. The number of carbonyl (C=O) groups is 4. The van der Waals surface area contributed by atoms with Gasteiger partial charge in [0.15, 0.2) is 5.78 Å². The van der Waals surface area contributed by atoms with Crippen LogP contribution < -0.4 is 0 Å². The highest BCUT2D eigenvalue weighted by Gasteiger charge is 2.48. The summed E-state index contributed by atoms with van der Waals surface area (Å²) < 4.78 is 4.97. The molecule has 0 spiro atoms. The minimum Gasteiger partial charge on any atom is -0.465 e. The number of hydrogen-bond donors (Lipinski definition) is 0. The first kappa shape index (κ1) is 16.9. The van der Waals surface area contributed by atoms with E-state index in [1.54, 1.807) is 44.2 Å². The predicted molar refractivity (Wildman–Crippen MR) is 81.4 cm³/mol. The minimum absolute atomic E-state index is 0.101. The van der Waals surface area contributed by atoms with Gasteiger partial charge < -0.3 is 4.74 Å². The zero-order chi connectivity index (χ0) is 17.0. The van der Waals surface area contributed by atoms with Crippen molar-refractivity contribution in [2.24, 2.45) is 11.8 Å². The van der Waals surface area contributed by atoms with Gasteiger partial charge in [0.05, 0.1) is 12.5 Å². The number of benzene rings is 1. The number of carbonyl (C=O) groups excluding carboxylic acids is 4. The van der Waals surface area contributed by atoms with Crippen molar-refractivity contribution in [3.63, 3.8) is 0 Å². The highest BCUT2D eigenvalue weighted by atomic mass is 16.5. The highest BCUT2D eigenvalue weighted by molar-refractivity contribution is 6.14. The fraction of sp³-hybridized carbons (Fsp3) is 0.412. The van der Waals surface area contributed by atoms with Crippen molar-refractivity contribution < 1.29 is 23.9 Å². The van der Waals surface area contributed by atoms with Crippen molar-refractivity contribution in [3.8, 4) is 0 Å². The van der Waals surface area contributed by atoms with Crippen LogP contribution in [-0.4, -0.2) is 41.6 Å². The number of ketones is 1. The Labute approximate surface area is 134 Å². The second kappa shape index (κ2) is 7.17. The molecule has 2 atom stereocenters. The molecule has 1 unspecified atom stereocenters. The Morgan fingerprint density at radius 1 is 1.22 bits per heavy atom. The topological polar surface area (TPSA) is 80.8 Å². The molecule has 1 saturated heterocycles. The maximum atomic E-state index is 12.7. The maximum absolute atomic E-state index is 12.7. The number of rotatable bonds is 6. The quantitative estimate of drug-likeness (QED) is 0.343. The number of Topliss-reactive ketones (excluding diaryl/α,β-unsaturated/α-hetero) is 1. The van der Waals surface area contributed by atoms with Gasteiger partial charge in [-0.15, -0.1) is 0 Å². The van der Waals surface area contributed by atoms with Crippen LogP contribution in [-0.2, 0) is 19.1 Å². The smallest absolute Gasteiger partial charge is 0.317 e. The largest absolute Gasteiger partial charge is 0.465 e. The number of imide groups is 1. The molecule has 0 saturated carbocycles. The first-order chi connectivity index (χ1) is 11.0. The lowest BCUT2D eigenvalue weighted by Crippen LogP contribution is -2.38. The average Bonchev–Trinajstić information content (AvgIpc) is 2.82. The van der Waals surface area contributed by atoms with E-state index in [2.05, 4.69) is 0 Å². The van der Waals surface area contributed by atoms with Crippen molar-refractivity contribution in [2.45, 2.75) is 20.3 Å².